The third-order valence-corrected chi connectivity index (χ3v) is 2.88. The van der Waals surface area contributed by atoms with E-state index in [2.05, 4.69) is 4.52 Å². The zero-order chi connectivity index (χ0) is 11.6. The van der Waals surface area contributed by atoms with Gasteiger partial charge in [-0.05, 0) is 19.8 Å². The van der Waals surface area contributed by atoms with Gasteiger partial charge in [0.2, 0.25) is 0 Å². The van der Waals surface area contributed by atoms with Gasteiger partial charge in [-0.1, -0.05) is 12.8 Å². The van der Waals surface area contributed by atoms with Crippen molar-refractivity contribution >= 4 is 7.82 Å². The van der Waals surface area contributed by atoms with Crippen molar-refractivity contribution in [3.8, 4) is 0 Å². The summed E-state index contributed by atoms with van der Waals surface area (Å²) in [6.45, 7) is 2.86. The average Bonchev–Trinajstić information content (AvgIpc) is 2.16. The maximum absolute atomic E-state index is 11.0. The Morgan fingerprint density at radius 3 is 2.20 bits per heavy atom. The molecule has 0 aliphatic heterocycles. The molecule has 15 heavy (non-hydrogen) atoms. The van der Waals surface area contributed by atoms with Gasteiger partial charge in [-0.2, -0.15) is 0 Å². The van der Waals surface area contributed by atoms with E-state index in [4.69, 9.17) is 14.2 Å². The summed E-state index contributed by atoms with van der Waals surface area (Å²) in [6, 6.07) is 0. The Bertz CT molecular complexity index is 185. The van der Waals surface area contributed by atoms with E-state index in [1.165, 1.54) is 0 Å². The average molecular weight is 240 g/mol. The maximum atomic E-state index is 11.0. The molecular formula is C9H21O5P. The van der Waals surface area contributed by atoms with Crippen LogP contribution < -0.4 is 0 Å². The van der Waals surface area contributed by atoms with Crippen molar-refractivity contribution in [1.29, 1.82) is 0 Å². The topological polar surface area (TPSA) is 65.0 Å². The first-order chi connectivity index (χ1) is 7.12. The Hall–Kier alpha value is 0.0700. The van der Waals surface area contributed by atoms with Crippen LogP contribution in [0.25, 0.3) is 0 Å². The first-order valence-corrected chi connectivity index (χ1v) is 6.72. The van der Waals surface area contributed by atoms with E-state index < -0.39 is 7.82 Å². The molecule has 1 N–H and O–H groups in total. The number of rotatable bonds is 10. The molecule has 0 saturated carbocycles. The van der Waals surface area contributed by atoms with Crippen LogP contribution in [0.15, 0.2) is 0 Å². The molecule has 1 unspecified atom stereocenters. The van der Waals surface area contributed by atoms with Crippen LogP contribution in [0, 0.1) is 0 Å². The summed E-state index contributed by atoms with van der Waals surface area (Å²) in [5.74, 6) is 0. The van der Waals surface area contributed by atoms with Gasteiger partial charge in [0.1, 0.15) is 0 Å². The fraction of sp³-hybridized carbons (Fsp3) is 1.00. The number of hydrogen-bond acceptors (Lipinski definition) is 4. The summed E-state index contributed by atoms with van der Waals surface area (Å²) >= 11 is 0. The quantitative estimate of drug-likeness (QED) is 0.469. The Labute approximate surface area is 91.3 Å². The lowest BCUT2D eigenvalue weighted by Crippen LogP contribution is -1.97. The van der Waals surface area contributed by atoms with Gasteiger partial charge >= 0.3 is 7.82 Å². The summed E-state index contributed by atoms with van der Waals surface area (Å²) in [4.78, 5) is 9.05. The van der Waals surface area contributed by atoms with Crippen molar-refractivity contribution in [3.63, 3.8) is 0 Å². The van der Waals surface area contributed by atoms with Crippen molar-refractivity contribution in [2.24, 2.45) is 0 Å². The van der Waals surface area contributed by atoms with E-state index in [1.54, 1.807) is 14.0 Å². The molecule has 5 nitrogen and oxygen atoms in total. The molecule has 0 aromatic carbocycles. The summed E-state index contributed by atoms with van der Waals surface area (Å²) < 4.78 is 25.2. The molecule has 0 radical (unpaired) electrons. The van der Waals surface area contributed by atoms with Crippen molar-refractivity contribution in [1.82, 2.24) is 0 Å². The SMILES string of the molecule is CCOP(=O)(O)OCCCCCCOC. The molecule has 1 atom stereocenters. The Morgan fingerprint density at radius 1 is 1.07 bits per heavy atom. The molecule has 0 rings (SSSR count). The number of phosphoric acid groups is 1. The molecule has 0 amide bonds. The van der Waals surface area contributed by atoms with Gasteiger partial charge < -0.3 is 9.63 Å². The summed E-state index contributed by atoms with van der Waals surface area (Å²) in [5.41, 5.74) is 0. The molecule has 6 heteroatoms. The van der Waals surface area contributed by atoms with Gasteiger partial charge in [0, 0.05) is 13.7 Å². The second-order valence-corrected chi connectivity index (χ2v) is 4.58. The Kier molecular flexibility index (Phi) is 9.35. The van der Waals surface area contributed by atoms with Crippen LogP contribution in [0.4, 0.5) is 0 Å². The lowest BCUT2D eigenvalue weighted by molar-refractivity contribution is 0.151. The smallest absolute Gasteiger partial charge is 0.385 e. The largest absolute Gasteiger partial charge is 0.472 e. The first-order valence-electron chi connectivity index (χ1n) is 5.23. The number of phosphoric ester groups is 1. The number of ether oxygens (including phenoxy) is 1. The van der Waals surface area contributed by atoms with Crippen molar-refractivity contribution < 1.29 is 23.2 Å². The molecule has 0 bridgehead atoms. The zero-order valence-corrected chi connectivity index (χ0v) is 10.4. The molecule has 0 fully saturated rings. The third-order valence-electron chi connectivity index (χ3n) is 1.79. The van der Waals surface area contributed by atoms with Gasteiger partial charge in [-0.25, -0.2) is 4.57 Å². The normalized spacial score (nSPS) is 15.1. The van der Waals surface area contributed by atoms with Crippen LogP contribution in [0.2, 0.25) is 0 Å². The van der Waals surface area contributed by atoms with Crippen LogP contribution >= 0.6 is 7.82 Å². The van der Waals surface area contributed by atoms with Crippen molar-refractivity contribution in [3.05, 3.63) is 0 Å². The highest BCUT2D eigenvalue weighted by atomic mass is 31.2. The minimum Gasteiger partial charge on any atom is -0.385 e. The van der Waals surface area contributed by atoms with Gasteiger partial charge in [0.05, 0.1) is 13.2 Å². The number of methoxy groups -OCH3 is 1. The van der Waals surface area contributed by atoms with Crippen LogP contribution in [0.5, 0.6) is 0 Å². The van der Waals surface area contributed by atoms with Gasteiger partial charge in [0.15, 0.2) is 0 Å². The molecule has 0 aromatic heterocycles. The molecular weight excluding hydrogens is 219 g/mol. The van der Waals surface area contributed by atoms with Crippen molar-refractivity contribution in [2.45, 2.75) is 32.6 Å². The highest BCUT2D eigenvalue weighted by molar-refractivity contribution is 7.47. The second kappa shape index (κ2) is 9.31. The van der Waals surface area contributed by atoms with E-state index in [1.807, 2.05) is 0 Å². The Balaban J connectivity index is 3.26. The highest BCUT2D eigenvalue weighted by Crippen LogP contribution is 2.42. The molecule has 0 spiro atoms. The molecule has 0 heterocycles. The van der Waals surface area contributed by atoms with E-state index in [-0.39, 0.29) is 13.2 Å². The number of unbranched alkanes of at least 4 members (excludes halogenated alkanes) is 3. The van der Waals surface area contributed by atoms with E-state index in [0.29, 0.717) is 0 Å². The minimum atomic E-state index is -3.78. The minimum absolute atomic E-state index is 0.182. The molecule has 0 saturated heterocycles. The molecule has 92 valence electrons. The predicted octanol–water partition coefficient (Wildman–Crippen LogP) is 2.35. The van der Waals surface area contributed by atoms with Gasteiger partial charge in [-0.3, -0.25) is 9.05 Å². The van der Waals surface area contributed by atoms with Gasteiger partial charge in [-0.15, -0.1) is 0 Å². The van der Waals surface area contributed by atoms with Crippen LogP contribution in [-0.2, 0) is 18.3 Å². The van der Waals surface area contributed by atoms with E-state index in [9.17, 15) is 4.57 Å². The summed E-state index contributed by atoms with van der Waals surface area (Å²) in [5, 5.41) is 0. The highest BCUT2D eigenvalue weighted by Gasteiger charge is 2.18. The monoisotopic (exact) mass is 240 g/mol. The fourth-order valence-corrected chi connectivity index (χ4v) is 1.84. The lowest BCUT2D eigenvalue weighted by atomic mass is 10.2. The van der Waals surface area contributed by atoms with E-state index >= 15 is 0 Å². The van der Waals surface area contributed by atoms with Crippen LogP contribution in [-0.4, -0.2) is 31.8 Å². The summed E-state index contributed by atoms with van der Waals surface area (Å²) in [6.07, 6.45) is 3.79. The van der Waals surface area contributed by atoms with E-state index in [0.717, 1.165) is 32.3 Å². The molecule has 0 aliphatic rings. The fourth-order valence-electron chi connectivity index (χ4n) is 1.08. The van der Waals surface area contributed by atoms with Crippen LogP contribution in [0.1, 0.15) is 32.6 Å². The third kappa shape index (κ3) is 10.4. The lowest BCUT2D eigenvalue weighted by Gasteiger charge is -2.10. The zero-order valence-electron chi connectivity index (χ0n) is 9.48. The number of hydrogen-bond donors (Lipinski definition) is 1. The van der Waals surface area contributed by atoms with Crippen LogP contribution in [0.3, 0.4) is 0 Å². The standard InChI is InChI=1S/C9H21O5P/c1-3-13-15(10,11)14-9-7-5-4-6-8-12-2/h3-9H2,1-2H3,(H,10,11). The molecule has 0 aromatic rings. The maximum Gasteiger partial charge on any atom is 0.472 e. The summed E-state index contributed by atoms with van der Waals surface area (Å²) in [7, 11) is -2.10. The van der Waals surface area contributed by atoms with Crippen molar-refractivity contribution in [2.75, 3.05) is 26.9 Å². The van der Waals surface area contributed by atoms with Gasteiger partial charge in [0.25, 0.3) is 0 Å². The Morgan fingerprint density at radius 2 is 1.67 bits per heavy atom. The predicted molar refractivity (Wildman–Crippen MR) is 57.7 cm³/mol. The molecule has 0 aliphatic carbocycles. The first kappa shape index (κ1) is 15.1. The second-order valence-electron chi connectivity index (χ2n) is 3.13.